The molecule has 0 N–H and O–H groups in total. The van der Waals surface area contributed by atoms with E-state index in [1.807, 2.05) is 60.7 Å². The summed E-state index contributed by atoms with van der Waals surface area (Å²) in [6.07, 6.45) is 1.67. The van der Waals surface area contributed by atoms with Crippen molar-refractivity contribution in [3.8, 4) is 11.5 Å². The summed E-state index contributed by atoms with van der Waals surface area (Å²) in [5.74, 6) is 2.07. The van der Waals surface area contributed by atoms with Crippen LogP contribution in [-0.4, -0.2) is 16.3 Å². The largest absolute Gasteiger partial charge is 0.479 e. The standard InChI is InChI=1S/C16H12ClO2.Al.H/c17-12-11-16(19-15-9-5-2-6-10-15)13-18-14-7-3-1-4-8-14;;/h1-12H;;. The predicted molar refractivity (Wildman–Crippen MR) is 83.3 cm³/mol. The van der Waals surface area contributed by atoms with Gasteiger partial charge in [0.05, 0.1) is 0 Å². The van der Waals surface area contributed by atoms with E-state index in [9.17, 15) is 0 Å². The third kappa shape index (κ3) is 4.47. The van der Waals surface area contributed by atoms with Crippen molar-refractivity contribution in [3.63, 3.8) is 0 Å². The minimum Gasteiger partial charge on any atom is -0.479 e. The third-order valence-corrected chi connectivity index (χ3v) is 3.06. The highest BCUT2D eigenvalue weighted by Crippen LogP contribution is 2.18. The van der Waals surface area contributed by atoms with Crippen molar-refractivity contribution in [1.29, 1.82) is 0 Å². The number of allylic oxidation sites excluding steroid dienone is 1. The van der Waals surface area contributed by atoms with Gasteiger partial charge in [0.25, 0.3) is 16.3 Å². The molecule has 0 atom stereocenters. The predicted octanol–water partition coefficient (Wildman–Crippen LogP) is 3.97. The molecule has 0 aliphatic heterocycles. The molecule has 0 amide bonds. The van der Waals surface area contributed by atoms with Gasteiger partial charge in [0.1, 0.15) is 17.3 Å². The van der Waals surface area contributed by atoms with Crippen LogP contribution in [0.4, 0.5) is 0 Å². The molecular formula is C16H13AlClO2. The lowest BCUT2D eigenvalue weighted by Gasteiger charge is -2.13. The summed E-state index contributed by atoms with van der Waals surface area (Å²) in [6.45, 7) is 0. The molecule has 0 aliphatic carbocycles. The third-order valence-electron chi connectivity index (χ3n) is 2.44. The maximum Gasteiger partial charge on any atom is 0.292 e. The smallest absolute Gasteiger partial charge is 0.292 e. The summed E-state index contributed by atoms with van der Waals surface area (Å²) in [6, 6.07) is 19.1. The fourth-order valence-corrected chi connectivity index (χ4v) is 2.01. The number of rotatable bonds is 5. The molecule has 0 spiro atoms. The number of para-hydroxylation sites is 2. The fourth-order valence-electron chi connectivity index (χ4n) is 1.54. The molecule has 0 saturated carbocycles. The van der Waals surface area contributed by atoms with E-state index in [1.165, 1.54) is 5.54 Å². The van der Waals surface area contributed by atoms with Crippen molar-refractivity contribution >= 4 is 27.9 Å². The van der Waals surface area contributed by atoms with Gasteiger partial charge in [0, 0.05) is 10.2 Å². The lowest BCUT2D eigenvalue weighted by atomic mass is 10.3. The molecule has 99 valence electrons. The minimum atomic E-state index is 0.577. The Morgan fingerprint density at radius 2 is 1.35 bits per heavy atom. The van der Waals surface area contributed by atoms with Gasteiger partial charge in [0.15, 0.2) is 0 Å². The summed E-state index contributed by atoms with van der Waals surface area (Å²) >= 11 is 7.27. The highest BCUT2D eigenvalue weighted by molar-refractivity contribution is 6.25. The maximum absolute atomic E-state index is 5.78. The van der Waals surface area contributed by atoms with Crippen LogP contribution in [0.2, 0.25) is 0 Å². The van der Waals surface area contributed by atoms with Gasteiger partial charge in [-0.1, -0.05) is 48.0 Å². The van der Waals surface area contributed by atoms with Crippen molar-refractivity contribution < 1.29 is 9.47 Å². The second-order valence-electron chi connectivity index (χ2n) is 3.91. The van der Waals surface area contributed by atoms with Gasteiger partial charge in [-0.05, 0) is 30.3 Å². The van der Waals surface area contributed by atoms with Gasteiger partial charge in [-0.25, -0.2) is 0 Å². The topological polar surface area (TPSA) is 18.5 Å². The highest BCUT2D eigenvalue weighted by atomic mass is 35.5. The monoisotopic (exact) mass is 299 g/mol. The fraction of sp³-hybridized carbons (Fsp3) is 0. The van der Waals surface area contributed by atoms with Crippen molar-refractivity contribution in [2.45, 2.75) is 0 Å². The van der Waals surface area contributed by atoms with Gasteiger partial charge in [-0.3, -0.25) is 0 Å². The SMILES string of the molecule is [AlH][C](Oc1ccccc1)=C(C=CCl)Oc1ccccc1. The summed E-state index contributed by atoms with van der Waals surface area (Å²) < 4.78 is 12.2. The Morgan fingerprint density at radius 3 is 1.85 bits per heavy atom. The quantitative estimate of drug-likeness (QED) is 0.472. The maximum atomic E-state index is 5.78. The molecule has 1 radical (unpaired) electrons. The lowest BCUT2D eigenvalue weighted by molar-refractivity contribution is 0.383. The molecular weight excluding hydrogens is 287 g/mol. The van der Waals surface area contributed by atoms with Crippen molar-refractivity contribution in [1.82, 2.24) is 0 Å². The van der Waals surface area contributed by atoms with Gasteiger partial charge in [-0.15, -0.1) is 0 Å². The van der Waals surface area contributed by atoms with Gasteiger partial charge in [0.2, 0.25) is 0 Å². The molecule has 2 aromatic rings. The molecule has 20 heavy (non-hydrogen) atoms. The zero-order valence-electron chi connectivity index (χ0n) is 10.8. The molecule has 0 heterocycles. The van der Waals surface area contributed by atoms with E-state index in [4.69, 9.17) is 21.1 Å². The van der Waals surface area contributed by atoms with Crippen LogP contribution in [0.25, 0.3) is 0 Å². The Kier molecular flexibility index (Phi) is 5.76. The molecule has 0 bridgehead atoms. The van der Waals surface area contributed by atoms with Crippen LogP contribution in [0.5, 0.6) is 11.5 Å². The normalized spacial score (nSPS) is 12.1. The molecule has 0 aliphatic rings. The second kappa shape index (κ2) is 7.82. The Hall–Kier alpha value is -1.66. The molecule has 4 heteroatoms. The first-order valence-electron chi connectivity index (χ1n) is 6.08. The van der Waals surface area contributed by atoms with Crippen LogP contribution >= 0.6 is 11.6 Å². The first-order chi connectivity index (χ1) is 9.79. The van der Waals surface area contributed by atoms with E-state index >= 15 is 0 Å². The molecule has 0 aromatic heterocycles. The molecule has 2 nitrogen and oxygen atoms in total. The van der Waals surface area contributed by atoms with Crippen LogP contribution in [0.1, 0.15) is 0 Å². The van der Waals surface area contributed by atoms with Gasteiger partial charge < -0.3 is 9.47 Å². The average molecular weight is 300 g/mol. The van der Waals surface area contributed by atoms with Gasteiger partial charge in [-0.2, -0.15) is 0 Å². The Bertz CT molecular complexity index is 594. The summed E-state index contributed by atoms with van der Waals surface area (Å²) in [4.78, 5) is 0. The number of halogens is 1. The number of hydrogen-bond acceptors (Lipinski definition) is 2. The number of ether oxygens (including phenoxy) is 2. The van der Waals surface area contributed by atoms with E-state index < -0.39 is 0 Å². The first-order valence-corrected chi connectivity index (χ1v) is 7.23. The van der Waals surface area contributed by atoms with Crippen LogP contribution in [-0.2, 0) is 0 Å². The molecule has 0 unspecified atom stereocenters. The summed E-state index contributed by atoms with van der Waals surface area (Å²) in [5.41, 5.74) is 1.40. The Balaban J connectivity index is 2.20. The Labute approximate surface area is 131 Å². The van der Waals surface area contributed by atoms with Crippen LogP contribution in [0.3, 0.4) is 0 Å². The number of benzene rings is 2. The molecule has 0 fully saturated rings. The van der Waals surface area contributed by atoms with E-state index in [0.29, 0.717) is 10.4 Å². The zero-order valence-corrected chi connectivity index (χ0v) is 13.0. The molecule has 2 rings (SSSR count). The number of hydrogen-bond donors (Lipinski definition) is 0. The second-order valence-corrected chi connectivity index (χ2v) is 4.80. The summed E-state index contributed by atoms with van der Waals surface area (Å²) in [7, 11) is 0. The van der Waals surface area contributed by atoms with Gasteiger partial charge >= 0.3 is 0 Å². The average Bonchev–Trinajstić information content (AvgIpc) is 2.49. The van der Waals surface area contributed by atoms with E-state index in [1.54, 1.807) is 22.4 Å². The van der Waals surface area contributed by atoms with E-state index in [-0.39, 0.29) is 0 Å². The summed E-state index contributed by atoms with van der Waals surface area (Å²) in [5, 5.41) is 0. The Morgan fingerprint density at radius 1 is 0.850 bits per heavy atom. The lowest BCUT2D eigenvalue weighted by Crippen LogP contribution is -2.04. The van der Waals surface area contributed by atoms with Crippen LogP contribution in [0, 0.1) is 0 Å². The van der Waals surface area contributed by atoms with Crippen molar-refractivity contribution in [2.75, 3.05) is 0 Å². The van der Waals surface area contributed by atoms with Crippen molar-refractivity contribution in [2.24, 2.45) is 0 Å². The van der Waals surface area contributed by atoms with E-state index in [0.717, 1.165) is 11.5 Å². The molecule has 0 saturated heterocycles. The first kappa shape index (κ1) is 14.7. The van der Waals surface area contributed by atoms with Crippen molar-refractivity contribution in [3.05, 3.63) is 82.7 Å². The van der Waals surface area contributed by atoms with E-state index in [2.05, 4.69) is 0 Å². The van der Waals surface area contributed by atoms with Crippen LogP contribution < -0.4 is 9.47 Å². The molecule has 2 aromatic carbocycles. The highest BCUT2D eigenvalue weighted by Gasteiger charge is 2.04. The zero-order chi connectivity index (χ0) is 14.2. The van der Waals surface area contributed by atoms with Crippen LogP contribution in [0.15, 0.2) is 82.7 Å². The minimum absolute atomic E-state index is 0.577.